The Kier molecular flexibility index (Phi) is 7.22. The van der Waals surface area contributed by atoms with Crippen LogP contribution in [0.15, 0.2) is 42.5 Å². The van der Waals surface area contributed by atoms with Gasteiger partial charge >= 0.3 is 0 Å². The maximum Gasteiger partial charge on any atom is 0.122 e. The molecule has 2 aromatic carbocycles. The van der Waals surface area contributed by atoms with Crippen molar-refractivity contribution in [2.24, 2.45) is 0 Å². The summed E-state index contributed by atoms with van der Waals surface area (Å²) in [6.45, 7) is 11.1. The molecule has 28 heavy (non-hydrogen) atoms. The number of hydrogen-bond acceptors (Lipinski definition) is 4. The van der Waals surface area contributed by atoms with Crippen LogP contribution in [-0.2, 0) is 0 Å². The lowest BCUT2D eigenvalue weighted by Crippen LogP contribution is -2.49. The summed E-state index contributed by atoms with van der Waals surface area (Å²) < 4.78 is 5.92. The van der Waals surface area contributed by atoms with Crippen LogP contribution >= 0.6 is 11.6 Å². The van der Waals surface area contributed by atoms with E-state index < -0.39 is 6.10 Å². The van der Waals surface area contributed by atoms with Crippen LogP contribution in [0.2, 0.25) is 5.02 Å². The molecule has 1 aliphatic rings. The van der Waals surface area contributed by atoms with Crippen LogP contribution in [-0.4, -0.2) is 55.4 Å². The van der Waals surface area contributed by atoms with Crippen molar-refractivity contribution in [1.82, 2.24) is 4.90 Å². The second kappa shape index (κ2) is 9.64. The van der Waals surface area contributed by atoms with Crippen LogP contribution in [0.5, 0.6) is 5.75 Å². The van der Waals surface area contributed by atoms with Crippen molar-refractivity contribution in [3.63, 3.8) is 0 Å². The number of piperazine rings is 1. The number of β-amino-alcohol motifs (C(OH)–C–C–N with tert-alkyl or cyclic N) is 1. The molecule has 1 heterocycles. The van der Waals surface area contributed by atoms with Gasteiger partial charge in [0.2, 0.25) is 0 Å². The van der Waals surface area contributed by atoms with E-state index in [0.717, 1.165) is 37.0 Å². The molecular formula is C23H31ClN2O2. The minimum absolute atomic E-state index is 0.317. The fraction of sp³-hybridized carbons (Fsp3) is 0.478. The SMILES string of the molecule is Cc1ccc(Cl)cc1N1CCN(CC(O)COc2ccccc2C(C)C)CC1. The predicted molar refractivity (Wildman–Crippen MR) is 117 cm³/mol. The number of aliphatic hydroxyl groups excluding tert-OH is 1. The summed E-state index contributed by atoms with van der Waals surface area (Å²) >= 11 is 6.17. The number of aliphatic hydroxyl groups is 1. The Morgan fingerprint density at radius 2 is 1.79 bits per heavy atom. The van der Waals surface area contributed by atoms with Gasteiger partial charge in [0.15, 0.2) is 0 Å². The standard InChI is InChI=1S/C23H31ClN2O2/c1-17(2)21-6-4-5-7-23(21)28-16-20(27)15-25-10-12-26(13-11-25)22-14-19(24)9-8-18(22)3/h4-9,14,17,20,27H,10-13,15-16H2,1-3H3. The Morgan fingerprint density at radius 3 is 2.50 bits per heavy atom. The molecule has 1 unspecified atom stereocenters. The molecule has 152 valence electrons. The van der Waals surface area contributed by atoms with Crippen molar-refractivity contribution < 1.29 is 9.84 Å². The largest absolute Gasteiger partial charge is 0.491 e. The summed E-state index contributed by atoms with van der Waals surface area (Å²) in [6, 6.07) is 14.1. The molecule has 1 saturated heterocycles. The highest BCUT2D eigenvalue weighted by molar-refractivity contribution is 6.30. The molecule has 0 amide bonds. The quantitative estimate of drug-likeness (QED) is 0.747. The molecule has 1 N–H and O–H groups in total. The highest BCUT2D eigenvalue weighted by Crippen LogP contribution is 2.27. The maximum atomic E-state index is 10.5. The summed E-state index contributed by atoms with van der Waals surface area (Å²) in [7, 11) is 0. The number of halogens is 1. The Labute approximate surface area is 173 Å². The van der Waals surface area contributed by atoms with Gasteiger partial charge in [0.25, 0.3) is 0 Å². The van der Waals surface area contributed by atoms with Gasteiger partial charge in [-0.1, -0.05) is 49.7 Å². The molecule has 0 radical (unpaired) electrons. The highest BCUT2D eigenvalue weighted by atomic mass is 35.5. The maximum absolute atomic E-state index is 10.5. The van der Waals surface area contributed by atoms with Gasteiger partial charge in [-0.2, -0.15) is 0 Å². The van der Waals surface area contributed by atoms with Gasteiger partial charge in [-0.25, -0.2) is 0 Å². The lowest BCUT2D eigenvalue weighted by atomic mass is 10.0. The molecule has 2 aromatic rings. The zero-order valence-corrected chi connectivity index (χ0v) is 17.8. The Hall–Kier alpha value is -1.75. The highest BCUT2D eigenvalue weighted by Gasteiger charge is 2.21. The Balaban J connectivity index is 1.48. The number of aryl methyl sites for hydroxylation is 1. The van der Waals surface area contributed by atoms with Gasteiger partial charge in [0.1, 0.15) is 18.5 Å². The molecular weight excluding hydrogens is 372 g/mol. The molecule has 4 nitrogen and oxygen atoms in total. The first kappa shape index (κ1) is 21.0. The van der Waals surface area contributed by atoms with Gasteiger partial charge in [-0.3, -0.25) is 4.90 Å². The third-order valence-corrected chi connectivity index (χ3v) is 5.56. The van der Waals surface area contributed by atoms with E-state index >= 15 is 0 Å². The number of rotatable bonds is 7. The van der Waals surface area contributed by atoms with Crippen LogP contribution in [0.3, 0.4) is 0 Å². The van der Waals surface area contributed by atoms with Crippen molar-refractivity contribution in [3.05, 3.63) is 58.6 Å². The normalized spacial score (nSPS) is 16.4. The third-order valence-electron chi connectivity index (χ3n) is 5.33. The smallest absolute Gasteiger partial charge is 0.122 e. The molecule has 0 aliphatic carbocycles. The van der Waals surface area contributed by atoms with E-state index in [1.807, 2.05) is 30.3 Å². The fourth-order valence-electron chi connectivity index (χ4n) is 3.72. The molecule has 1 aliphatic heterocycles. The summed E-state index contributed by atoms with van der Waals surface area (Å²) in [5, 5.41) is 11.2. The summed E-state index contributed by atoms with van der Waals surface area (Å²) in [6.07, 6.45) is -0.500. The number of nitrogens with zero attached hydrogens (tertiary/aromatic N) is 2. The molecule has 1 atom stereocenters. The number of ether oxygens (including phenoxy) is 1. The van der Waals surface area contributed by atoms with Crippen molar-refractivity contribution in [2.75, 3.05) is 44.2 Å². The average Bonchev–Trinajstić information content (AvgIpc) is 2.69. The Morgan fingerprint density at radius 1 is 1.07 bits per heavy atom. The molecule has 0 aromatic heterocycles. The molecule has 3 rings (SSSR count). The van der Waals surface area contributed by atoms with Crippen LogP contribution in [0.1, 0.15) is 30.9 Å². The fourth-order valence-corrected chi connectivity index (χ4v) is 3.89. The van der Waals surface area contributed by atoms with Crippen molar-refractivity contribution in [2.45, 2.75) is 32.8 Å². The lowest BCUT2D eigenvalue weighted by molar-refractivity contribution is 0.0659. The second-order valence-electron chi connectivity index (χ2n) is 7.88. The van der Waals surface area contributed by atoms with E-state index in [1.165, 1.54) is 16.8 Å². The van der Waals surface area contributed by atoms with Crippen LogP contribution < -0.4 is 9.64 Å². The summed E-state index contributed by atoms with van der Waals surface area (Å²) in [4.78, 5) is 4.68. The monoisotopic (exact) mass is 402 g/mol. The first-order valence-electron chi connectivity index (χ1n) is 10.1. The first-order chi connectivity index (χ1) is 13.4. The van der Waals surface area contributed by atoms with Gasteiger partial charge in [-0.15, -0.1) is 0 Å². The number of hydrogen-bond donors (Lipinski definition) is 1. The number of para-hydroxylation sites is 1. The van der Waals surface area contributed by atoms with E-state index in [4.69, 9.17) is 16.3 Å². The zero-order chi connectivity index (χ0) is 20.1. The van der Waals surface area contributed by atoms with E-state index in [2.05, 4.69) is 42.7 Å². The van der Waals surface area contributed by atoms with Crippen LogP contribution in [0, 0.1) is 6.92 Å². The van der Waals surface area contributed by atoms with Gasteiger partial charge < -0.3 is 14.7 Å². The summed E-state index contributed by atoms with van der Waals surface area (Å²) in [5.41, 5.74) is 3.64. The zero-order valence-electron chi connectivity index (χ0n) is 17.1. The molecule has 1 fully saturated rings. The lowest BCUT2D eigenvalue weighted by Gasteiger charge is -2.37. The number of benzene rings is 2. The van der Waals surface area contributed by atoms with E-state index in [0.29, 0.717) is 19.1 Å². The van der Waals surface area contributed by atoms with Gasteiger partial charge in [0.05, 0.1) is 0 Å². The Bertz CT molecular complexity index is 773. The van der Waals surface area contributed by atoms with E-state index in [1.54, 1.807) is 0 Å². The number of anilines is 1. The molecule has 0 spiro atoms. The predicted octanol–water partition coefficient (Wildman–Crippen LogP) is 4.33. The first-order valence-corrected chi connectivity index (χ1v) is 10.4. The van der Waals surface area contributed by atoms with Gasteiger partial charge in [0, 0.05) is 43.4 Å². The van der Waals surface area contributed by atoms with Crippen molar-refractivity contribution >= 4 is 17.3 Å². The van der Waals surface area contributed by atoms with E-state index in [-0.39, 0.29) is 0 Å². The third kappa shape index (κ3) is 5.40. The molecule has 0 bridgehead atoms. The van der Waals surface area contributed by atoms with Crippen LogP contribution in [0.4, 0.5) is 5.69 Å². The minimum atomic E-state index is -0.500. The van der Waals surface area contributed by atoms with Gasteiger partial charge in [-0.05, 0) is 42.2 Å². The molecule has 5 heteroatoms. The second-order valence-corrected chi connectivity index (χ2v) is 8.31. The average molecular weight is 403 g/mol. The molecule has 0 saturated carbocycles. The summed E-state index contributed by atoms with van der Waals surface area (Å²) in [5.74, 6) is 1.27. The van der Waals surface area contributed by atoms with Crippen molar-refractivity contribution in [3.8, 4) is 5.75 Å². The topological polar surface area (TPSA) is 35.9 Å². The minimum Gasteiger partial charge on any atom is -0.491 e. The van der Waals surface area contributed by atoms with Crippen molar-refractivity contribution in [1.29, 1.82) is 0 Å². The van der Waals surface area contributed by atoms with E-state index in [9.17, 15) is 5.11 Å². The van der Waals surface area contributed by atoms with Crippen LogP contribution in [0.25, 0.3) is 0 Å².